The molecule has 10 heteroatoms. The lowest BCUT2D eigenvalue weighted by Gasteiger charge is -2.04. The van der Waals surface area contributed by atoms with Gasteiger partial charge in [-0.2, -0.15) is 25.5 Å². The highest BCUT2D eigenvalue weighted by molar-refractivity contribution is 5.61. The molecule has 0 aliphatic carbocycles. The predicted molar refractivity (Wildman–Crippen MR) is 251 cm³/mol. The van der Waals surface area contributed by atoms with Gasteiger partial charge in [-0.25, -0.2) is 22.6 Å². The molecule has 0 aliphatic heterocycles. The number of hydrogen-bond donors (Lipinski definition) is 0. The van der Waals surface area contributed by atoms with Gasteiger partial charge in [0.05, 0.1) is 64.0 Å². The van der Waals surface area contributed by atoms with Crippen molar-refractivity contribution < 1.29 is 5.48 Å². The Bertz CT molecular complexity index is 3120. The lowest BCUT2D eigenvalue weighted by atomic mass is 10.0. The molecule has 0 amide bonds. The van der Waals surface area contributed by atoms with Crippen LogP contribution in [0, 0.1) is 6.92 Å². The van der Waals surface area contributed by atoms with Crippen LogP contribution in [0.5, 0.6) is 0 Å². The van der Waals surface area contributed by atoms with Crippen LogP contribution in [0.4, 0.5) is 0 Å². The molecule has 10 aromatic heterocycles. The molecule has 0 fully saturated rings. The van der Waals surface area contributed by atoms with E-state index in [4.69, 9.17) is 5.48 Å². The van der Waals surface area contributed by atoms with E-state index in [1.807, 2.05) is 101 Å². The highest BCUT2D eigenvalue weighted by Gasteiger charge is 2.10. The van der Waals surface area contributed by atoms with Crippen molar-refractivity contribution in [2.75, 3.05) is 0 Å². The highest BCUT2D eigenvalue weighted by atomic mass is 15.2. The molecule has 0 atom stereocenters. The number of aromatic nitrogens is 10. The second-order valence-electron chi connectivity index (χ2n) is 16.6. The topological polar surface area (TPSA) is 86.5 Å². The van der Waals surface area contributed by atoms with Gasteiger partial charge in [0.25, 0.3) is 0 Å². The Morgan fingerprint density at radius 2 is 0.852 bits per heavy atom. The minimum absolute atomic E-state index is 0.354. The average Bonchev–Trinajstić information content (AvgIpc) is 4.10. The first-order valence-electron chi connectivity index (χ1n) is 23.1. The predicted octanol–water partition coefficient (Wildman–Crippen LogP) is 12.6. The van der Waals surface area contributed by atoms with Crippen LogP contribution in [-0.4, -0.2) is 48.1 Å². The van der Waals surface area contributed by atoms with Crippen molar-refractivity contribution in [2.45, 2.75) is 106 Å². The number of hydrogen-bond acceptors (Lipinski definition) is 5. The summed E-state index contributed by atoms with van der Waals surface area (Å²) in [6.45, 7) is 23.5. The van der Waals surface area contributed by atoms with Gasteiger partial charge in [-0.05, 0) is 96.7 Å². The van der Waals surface area contributed by atoms with E-state index in [0.29, 0.717) is 54.0 Å². The van der Waals surface area contributed by atoms with Crippen LogP contribution in [0.2, 0.25) is 0 Å². The van der Waals surface area contributed by atoms with Gasteiger partial charge in [0, 0.05) is 58.8 Å². The summed E-state index contributed by atoms with van der Waals surface area (Å²) >= 11 is 0. The SMILES string of the molecule is Cc1cccn2ncc(C(C)C)c12.[3H]c1ccc2c(C(C)C)cnn2c1.[3H]c1cccc2c(C(C)C)cnn12.[3H]c1ccn2ncc(C(C)C)c2c1.[3H]c1nn2ccccc2c1C(C)C. The molecule has 10 rings (SSSR count). The lowest BCUT2D eigenvalue weighted by molar-refractivity contribution is 0.875. The fraction of sp³-hybridized carbons (Fsp3) is 0.314. The Labute approximate surface area is 366 Å². The van der Waals surface area contributed by atoms with E-state index >= 15 is 0 Å². The van der Waals surface area contributed by atoms with Gasteiger partial charge in [-0.3, -0.25) is 0 Å². The third-order valence-corrected chi connectivity index (χ3v) is 10.4. The Balaban J connectivity index is 0.000000135. The molecule has 61 heavy (non-hydrogen) atoms. The van der Waals surface area contributed by atoms with Gasteiger partial charge >= 0.3 is 0 Å². The number of nitrogens with zero attached hydrogens (tertiary/aromatic N) is 10. The van der Waals surface area contributed by atoms with Crippen LogP contribution in [0.3, 0.4) is 0 Å². The average molecular weight is 823 g/mol. The molecule has 10 heterocycles. The van der Waals surface area contributed by atoms with Crippen molar-refractivity contribution >= 4 is 27.6 Å². The quantitative estimate of drug-likeness (QED) is 0.173. The maximum absolute atomic E-state index is 7.70. The molecule has 0 saturated heterocycles. The van der Waals surface area contributed by atoms with Gasteiger partial charge in [0.15, 0.2) is 0 Å². The molecule has 0 aliphatic rings. The van der Waals surface area contributed by atoms with E-state index in [0.717, 1.165) is 27.6 Å². The molecular formula is C51H62N10. The minimum Gasteiger partial charge on any atom is -0.241 e. The molecular weight excluding hydrogens is 753 g/mol. The van der Waals surface area contributed by atoms with E-state index in [9.17, 15) is 0 Å². The summed E-state index contributed by atoms with van der Waals surface area (Å²) in [4.78, 5) is 0. The second-order valence-corrected chi connectivity index (χ2v) is 16.6. The molecule has 316 valence electrons. The highest BCUT2D eigenvalue weighted by Crippen LogP contribution is 2.24. The molecule has 10 nitrogen and oxygen atoms in total. The van der Waals surface area contributed by atoms with E-state index in [1.54, 1.807) is 37.9 Å². The third-order valence-electron chi connectivity index (χ3n) is 10.4. The first-order chi connectivity index (χ1) is 31.0. The van der Waals surface area contributed by atoms with E-state index < -0.39 is 0 Å². The standard InChI is InChI=1S/C11H14N2.4C10H12N2/c1-8(2)10-7-12-13-6-4-5-9(3)11(10)13;4*1-8(2)9-7-11-12-6-4-3-5-10(9)12/h4-8H,1-3H3;4*3-8H,1-2H3/i;7T;6T;4T;3T. The fourth-order valence-corrected chi connectivity index (χ4v) is 7.01. The van der Waals surface area contributed by atoms with Gasteiger partial charge in [0.1, 0.15) is 0 Å². The van der Waals surface area contributed by atoms with Gasteiger partial charge < -0.3 is 0 Å². The zero-order valence-corrected chi connectivity index (χ0v) is 37.4. The summed E-state index contributed by atoms with van der Waals surface area (Å²) in [7, 11) is 0. The van der Waals surface area contributed by atoms with Gasteiger partial charge in [-0.1, -0.05) is 99.5 Å². The van der Waals surface area contributed by atoms with Crippen molar-refractivity contribution in [3.63, 3.8) is 0 Å². The number of fused-ring (bicyclic) bond motifs is 5. The van der Waals surface area contributed by atoms with Gasteiger partial charge in [-0.15, -0.1) is 0 Å². The molecule has 0 spiro atoms. The first-order valence-corrected chi connectivity index (χ1v) is 21.1. The van der Waals surface area contributed by atoms with Crippen LogP contribution >= 0.6 is 0 Å². The normalized spacial score (nSPS) is 12.2. The Morgan fingerprint density at radius 3 is 1.49 bits per heavy atom. The summed E-state index contributed by atoms with van der Waals surface area (Å²) < 4.78 is 39.2. The minimum atomic E-state index is 0.354. The molecule has 0 N–H and O–H groups in total. The second kappa shape index (κ2) is 20.1. The lowest BCUT2D eigenvalue weighted by Crippen LogP contribution is -1.91. The van der Waals surface area contributed by atoms with Crippen LogP contribution in [0.25, 0.3) is 27.6 Å². The summed E-state index contributed by atoms with van der Waals surface area (Å²) in [6, 6.07) is 24.0. The molecule has 10 aromatic rings. The molecule has 0 saturated carbocycles. The summed E-state index contributed by atoms with van der Waals surface area (Å²) in [5.41, 5.74) is 12.8. The van der Waals surface area contributed by atoms with Crippen LogP contribution in [0.15, 0.2) is 147 Å². The number of aryl methyl sites for hydroxylation is 1. The van der Waals surface area contributed by atoms with E-state index in [2.05, 4.69) is 108 Å². The summed E-state index contributed by atoms with van der Waals surface area (Å²) in [6.07, 6.45) is 15.8. The van der Waals surface area contributed by atoms with Crippen LogP contribution in [-0.2, 0) is 0 Å². The molecule has 0 radical (unpaired) electrons. The van der Waals surface area contributed by atoms with Crippen LogP contribution in [0.1, 0.15) is 138 Å². The Hall–Kier alpha value is -6.55. The zero-order valence-electron chi connectivity index (χ0n) is 41.4. The van der Waals surface area contributed by atoms with Crippen molar-refractivity contribution in [1.29, 1.82) is 0 Å². The fourth-order valence-electron chi connectivity index (χ4n) is 7.01. The van der Waals surface area contributed by atoms with Crippen molar-refractivity contribution in [2.24, 2.45) is 0 Å². The largest absolute Gasteiger partial charge is 0.241 e. The third kappa shape index (κ3) is 10.4. The van der Waals surface area contributed by atoms with E-state index in [-0.39, 0.29) is 0 Å². The first kappa shape index (κ1) is 38.6. The van der Waals surface area contributed by atoms with Crippen molar-refractivity contribution in [3.05, 3.63) is 180 Å². The molecule has 0 aromatic carbocycles. The van der Waals surface area contributed by atoms with Crippen molar-refractivity contribution in [3.8, 4) is 0 Å². The van der Waals surface area contributed by atoms with Crippen LogP contribution < -0.4 is 0 Å². The van der Waals surface area contributed by atoms with Crippen molar-refractivity contribution in [1.82, 2.24) is 48.1 Å². The maximum atomic E-state index is 7.70. The summed E-state index contributed by atoms with van der Waals surface area (Å²) in [5.74, 6) is 2.29. The maximum Gasteiger partial charge on any atom is 0.0863 e. The summed E-state index contributed by atoms with van der Waals surface area (Å²) in [5, 5.41) is 21.0. The van der Waals surface area contributed by atoms with E-state index in [1.165, 1.54) is 33.3 Å². The Kier molecular flexibility index (Phi) is 12.8. The number of pyridine rings is 5. The zero-order chi connectivity index (χ0) is 47.1. The molecule has 0 unspecified atom stereocenters. The Morgan fingerprint density at radius 1 is 0.393 bits per heavy atom. The van der Waals surface area contributed by atoms with Gasteiger partial charge in [0.2, 0.25) is 0 Å². The number of rotatable bonds is 5. The molecule has 0 bridgehead atoms. The monoisotopic (exact) mass is 823 g/mol. The smallest absolute Gasteiger partial charge is 0.0863 e.